The molecule has 0 aromatic carbocycles. The van der Waals surface area contributed by atoms with Crippen LogP contribution in [0.25, 0.3) is 0 Å². The largest absolute Gasteiger partial charge is 0.480 e. The topological polar surface area (TPSA) is 52.1 Å². The monoisotopic (exact) mass is 208 g/mol. The van der Waals surface area contributed by atoms with E-state index in [1.54, 1.807) is 0 Å². The highest BCUT2D eigenvalue weighted by Gasteiger charge is 2.20. The number of ketones is 1. The van der Waals surface area contributed by atoms with Gasteiger partial charge in [-0.25, -0.2) is 4.98 Å². The number of hydrogen-bond donors (Lipinski definition) is 0. The fourth-order valence-electron chi connectivity index (χ4n) is 1.12. The molecule has 82 valence electrons. The molecule has 4 heteroatoms. The summed E-state index contributed by atoms with van der Waals surface area (Å²) in [5.74, 6) is 0.930. The van der Waals surface area contributed by atoms with Gasteiger partial charge in [0.05, 0.1) is 12.7 Å². The number of aromatic nitrogens is 2. The molecule has 0 N–H and O–H groups in total. The van der Waals surface area contributed by atoms with Gasteiger partial charge in [0, 0.05) is 11.6 Å². The lowest BCUT2D eigenvalue weighted by Gasteiger charge is -2.17. The Balaban J connectivity index is 3.25. The second kappa shape index (κ2) is 3.96. The second-order valence-corrected chi connectivity index (χ2v) is 4.42. The van der Waals surface area contributed by atoms with Crippen LogP contribution in [0.1, 0.15) is 43.9 Å². The van der Waals surface area contributed by atoms with Crippen LogP contribution in [0.4, 0.5) is 0 Å². The summed E-state index contributed by atoms with van der Waals surface area (Å²) < 4.78 is 5.07. The Kier molecular flexibility index (Phi) is 3.07. The minimum absolute atomic E-state index is 0.0905. The van der Waals surface area contributed by atoms with E-state index in [0.717, 1.165) is 0 Å². The van der Waals surface area contributed by atoms with Crippen LogP contribution < -0.4 is 4.74 Å². The Morgan fingerprint density at radius 2 is 2.00 bits per heavy atom. The van der Waals surface area contributed by atoms with Crippen LogP contribution >= 0.6 is 0 Å². The van der Waals surface area contributed by atoms with E-state index in [9.17, 15) is 4.79 Å². The average Bonchev–Trinajstić information content (AvgIpc) is 2.15. The van der Waals surface area contributed by atoms with Crippen LogP contribution in [0.2, 0.25) is 0 Å². The van der Waals surface area contributed by atoms with Crippen molar-refractivity contribution in [1.82, 2.24) is 9.97 Å². The van der Waals surface area contributed by atoms with E-state index in [0.29, 0.717) is 17.3 Å². The van der Waals surface area contributed by atoms with Crippen molar-refractivity contribution < 1.29 is 9.53 Å². The van der Waals surface area contributed by atoms with Crippen molar-refractivity contribution >= 4 is 5.78 Å². The number of rotatable bonds is 2. The number of carbonyl (C=O) groups excluding carboxylic acids is 1. The third-order valence-electron chi connectivity index (χ3n) is 2.00. The van der Waals surface area contributed by atoms with Crippen LogP contribution in [-0.4, -0.2) is 22.9 Å². The van der Waals surface area contributed by atoms with Gasteiger partial charge in [-0.05, 0) is 6.92 Å². The molecule has 0 aliphatic heterocycles. The fourth-order valence-corrected chi connectivity index (χ4v) is 1.12. The first-order valence-electron chi connectivity index (χ1n) is 4.78. The van der Waals surface area contributed by atoms with E-state index >= 15 is 0 Å². The number of Topliss-reactive ketones (excluding diaryl/α,β-unsaturated/α-hetero) is 1. The Labute approximate surface area is 89.7 Å². The molecule has 1 aromatic rings. The zero-order chi connectivity index (χ0) is 11.6. The van der Waals surface area contributed by atoms with Gasteiger partial charge in [0.25, 0.3) is 0 Å². The highest BCUT2D eigenvalue weighted by Crippen LogP contribution is 2.22. The van der Waals surface area contributed by atoms with Crippen LogP contribution in [0.5, 0.6) is 5.88 Å². The first-order valence-corrected chi connectivity index (χ1v) is 4.78. The number of nitrogens with zero attached hydrogens (tertiary/aromatic N) is 2. The fraction of sp³-hybridized carbons (Fsp3) is 0.545. The van der Waals surface area contributed by atoms with Crippen LogP contribution in [0.15, 0.2) is 6.20 Å². The Morgan fingerprint density at radius 1 is 1.40 bits per heavy atom. The number of ether oxygens (including phenoxy) is 1. The van der Waals surface area contributed by atoms with E-state index in [1.165, 1.54) is 20.2 Å². The predicted octanol–water partition coefficient (Wildman–Crippen LogP) is 1.99. The lowest BCUT2D eigenvalue weighted by atomic mass is 9.95. The summed E-state index contributed by atoms with van der Waals surface area (Å²) in [6, 6.07) is 0. The maximum absolute atomic E-state index is 11.2. The summed E-state index contributed by atoms with van der Waals surface area (Å²) >= 11 is 0. The van der Waals surface area contributed by atoms with Gasteiger partial charge in [0.1, 0.15) is 5.82 Å². The molecule has 0 bridgehead atoms. The first-order chi connectivity index (χ1) is 6.86. The molecule has 15 heavy (non-hydrogen) atoms. The van der Waals surface area contributed by atoms with Gasteiger partial charge in [-0.2, -0.15) is 4.98 Å². The quantitative estimate of drug-likeness (QED) is 0.697. The summed E-state index contributed by atoms with van der Waals surface area (Å²) in [6.45, 7) is 7.50. The maximum Gasteiger partial charge on any atom is 0.227 e. The van der Waals surface area contributed by atoms with Gasteiger partial charge in [-0.1, -0.05) is 20.8 Å². The molecule has 0 aliphatic rings. The van der Waals surface area contributed by atoms with Crippen molar-refractivity contribution in [1.29, 1.82) is 0 Å². The van der Waals surface area contributed by atoms with E-state index in [-0.39, 0.29) is 11.2 Å². The van der Waals surface area contributed by atoms with Crippen molar-refractivity contribution in [2.45, 2.75) is 33.1 Å². The predicted molar refractivity (Wildman–Crippen MR) is 57.3 cm³/mol. The molecule has 1 rings (SSSR count). The number of carbonyl (C=O) groups is 1. The molecular weight excluding hydrogens is 192 g/mol. The molecule has 1 heterocycles. The highest BCUT2D eigenvalue weighted by atomic mass is 16.5. The van der Waals surface area contributed by atoms with Gasteiger partial charge in [-0.3, -0.25) is 4.79 Å². The maximum atomic E-state index is 11.2. The van der Waals surface area contributed by atoms with Gasteiger partial charge < -0.3 is 4.74 Å². The van der Waals surface area contributed by atoms with Crippen LogP contribution in [0.3, 0.4) is 0 Å². The van der Waals surface area contributed by atoms with Gasteiger partial charge >= 0.3 is 0 Å². The summed E-state index contributed by atoms with van der Waals surface area (Å²) in [5, 5.41) is 0. The SMILES string of the molecule is COc1nc(C(C)(C)C)ncc1C(C)=O. The molecule has 0 unspecified atom stereocenters. The smallest absolute Gasteiger partial charge is 0.227 e. The molecule has 0 saturated heterocycles. The van der Waals surface area contributed by atoms with Crippen molar-refractivity contribution in [2.75, 3.05) is 7.11 Å². The Bertz CT molecular complexity index is 381. The highest BCUT2D eigenvalue weighted by molar-refractivity contribution is 5.95. The van der Waals surface area contributed by atoms with Crippen molar-refractivity contribution in [2.24, 2.45) is 0 Å². The van der Waals surface area contributed by atoms with E-state index < -0.39 is 0 Å². The average molecular weight is 208 g/mol. The van der Waals surface area contributed by atoms with Crippen molar-refractivity contribution in [3.63, 3.8) is 0 Å². The molecule has 0 aliphatic carbocycles. The Morgan fingerprint density at radius 3 is 2.40 bits per heavy atom. The number of hydrogen-bond acceptors (Lipinski definition) is 4. The standard InChI is InChI=1S/C11H16N2O2/c1-7(14)8-6-12-10(11(2,3)4)13-9(8)15-5/h6H,1-5H3. The van der Waals surface area contributed by atoms with Gasteiger partial charge in [0.2, 0.25) is 5.88 Å². The zero-order valence-electron chi connectivity index (χ0n) is 9.79. The molecule has 0 saturated carbocycles. The molecule has 1 aromatic heterocycles. The van der Waals surface area contributed by atoms with Crippen LogP contribution in [0, 0.1) is 0 Å². The van der Waals surface area contributed by atoms with Crippen molar-refractivity contribution in [3.8, 4) is 5.88 Å². The molecule has 0 atom stereocenters. The lowest BCUT2D eigenvalue weighted by molar-refractivity contribution is 0.101. The minimum atomic E-state index is -0.150. The molecule has 0 amide bonds. The molecule has 4 nitrogen and oxygen atoms in total. The summed E-state index contributed by atoms with van der Waals surface area (Å²) in [5.41, 5.74) is 0.272. The molecular formula is C11H16N2O2. The van der Waals surface area contributed by atoms with Crippen molar-refractivity contribution in [3.05, 3.63) is 17.6 Å². The summed E-state index contributed by atoms with van der Waals surface area (Å²) in [6.07, 6.45) is 1.52. The van der Waals surface area contributed by atoms with Gasteiger partial charge in [-0.15, -0.1) is 0 Å². The lowest BCUT2D eigenvalue weighted by Crippen LogP contribution is -2.17. The van der Waals surface area contributed by atoms with Gasteiger partial charge in [0.15, 0.2) is 5.78 Å². The third kappa shape index (κ3) is 2.52. The molecule has 0 fully saturated rings. The zero-order valence-corrected chi connectivity index (χ0v) is 9.79. The summed E-state index contributed by atoms with van der Waals surface area (Å²) in [4.78, 5) is 19.6. The first kappa shape index (κ1) is 11.6. The Hall–Kier alpha value is -1.45. The second-order valence-electron chi connectivity index (χ2n) is 4.42. The minimum Gasteiger partial charge on any atom is -0.480 e. The van der Waals surface area contributed by atoms with E-state index in [1.807, 2.05) is 20.8 Å². The molecule has 0 spiro atoms. The van der Waals surface area contributed by atoms with E-state index in [2.05, 4.69) is 9.97 Å². The normalized spacial score (nSPS) is 11.3. The van der Waals surface area contributed by atoms with Crippen LogP contribution in [-0.2, 0) is 5.41 Å². The number of methoxy groups -OCH3 is 1. The molecule has 0 radical (unpaired) electrons. The van der Waals surface area contributed by atoms with E-state index in [4.69, 9.17) is 4.74 Å². The summed E-state index contributed by atoms with van der Waals surface area (Å²) in [7, 11) is 1.50. The third-order valence-corrected chi connectivity index (χ3v) is 2.00.